The van der Waals surface area contributed by atoms with Crippen LogP contribution in [0.3, 0.4) is 0 Å². The second-order valence-corrected chi connectivity index (χ2v) is 8.50. The number of aromatic nitrogens is 3. The highest BCUT2D eigenvalue weighted by atomic mass is 16.5. The van der Waals surface area contributed by atoms with E-state index >= 15 is 0 Å². The standard InChI is InChI=1S/C24H27N3O3/c28-24(29)19-15-20(30-18-13-6-1-2-7-14-18)21-22(16-9-8-10-16)26-27(23(21)25-19)17-11-4-3-5-12-17/h3-5,11-12,15-16,18H,1-2,6-10,13-14H2,(H,28,29). The molecule has 6 heteroatoms. The lowest BCUT2D eigenvalue weighted by Gasteiger charge is -2.24. The summed E-state index contributed by atoms with van der Waals surface area (Å²) in [5.41, 5.74) is 2.45. The van der Waals surface area contributed by atoms with Gasteiger partial charge in [0.05, 0.1) is 22.9 Å². The molecule has 0 atom stereocenters. The molecule has 0 unspecified atom stereocenters. The zero-order valence-corrected chi connectivity index (χ0v) is 17.1. The summed E-state index contributed by atoms with van der Waals surface area (Å²) in [6.45, 7) is 0. The Bertz CT molecular complexity index is 1050. The van der Waals surface area contributed by atoms with Gasteiger partial charge in [-0.1, -0.05) is 37.5 Å². The van der Waals surface area contributed by atoms with E-state index in [1.54, 1.807) is 10.7 Å². The van der Waals surface area contributed by atoms with Crippen molar-refractivity contribution in [3.8, 4) is 11.4 Å². The first kappa shape index (κ1) is 19.1. The molecule has 0 aliphatic heterocycles. The van der Waals surface area contributed by atoms with Crippen LogP contribution in [0.5, 0.6) is 5.75 Å². The molecule has 2 heterocycles. The summed E-state index contributed by atoms with van der Waals surface area (Å²) in [6, 6.07) is 11.4. The molecule has 3 aromatic rings. The maximum Gasteiger partial charge on any atom is 0.354 e. The van der Waals surface area contributed by atoms with Gasteiger partial charge < -0.3 is 9.84 Å². The van der Waals surface area contributed by atoms with Crippen molar-refractivity contribution in [1.29, 1.82) is 0 Å². The summed E-state index contributed by atoms with van der Waals surface area (Å²) in [7, 11) is 0. The van der Waals surface area contributed by atoms with Crippen LogP contribution in [-0.4, -0.2) is 31.9 Å². The molecule has 1 N–H and O–H groups in total. The summed E-state index contributed by atoms with van der Waals surface area (Å²) >= 11 is 0. The number of ether oxygens (including phenoxy) is 1. The molecule has 0 radical (unpaired) electrons. The molecule has 6 nitrogen and oxygen atoms in total. The number of rotatable bonds is 5. The van der Waals surface area contributed by atoms with Crippen LogP contribution in [0.1, 0.15) is 79.9 Å². The van der Waals surface area contributed by atoms with Gasteiger partial charge in [-0.2, -0.15) is 5.10 Å². The first-order chi connectivity index (χ1) is 14.7. The Morgan fingerprint density at radius 3 is 2.37 bits per heavy atom. The van der Waals surface area contributed by atoms with Crippen molar-refractivity contribution < 1.29 is 14.6 Å². The fourth-order valence-corrected chi connectivity index (χ4v) is 4.57. The molecule has 0 spiro atoms. The fourth-order valence-electron chi connectivity index (χ4n) is 4.57. The summed E-state index contributed by atoms with van der Waals surface area (Å²) in [6.07, 6.45) is 10.3. The minimum Gasteiger partial charge on any atom is -0.490 e. The zero-order valence-electron chi connectivity index (χ0n) is 17.1. The summed E-state index contributed by atoms with van der Waals surface area (Å²) in [4.78, 5) is 16.4. The highest BCUT2D eigenvalue weighted by Crippen LogP contribution is 2.43. The second-order valence-electron chi connectivity index (χ2n) is 8.50. The molecule has 0 saturated heterocycles. The SMILES string of the molecule is O=C(O)c1cc(OC2CCCCCC2)c2c(C3CCC3)nn(-c3ccccc3)c2n1. The van der Waals surface area contributed by atoms with E-state index in [1.165, 1.54) is 19.3 Å². The van der Waals surface area contributed by atoms with Gasteiger partial charge in [-0.05, 0) is 50.7 Å². The quantitative estimate of drug-likeness (QED) is 0.568. The normalized spacial score (nSPS) is 18.1. The number of benzene rings is 1. The molecule has 1 aromatic carbocycles. The number of carboxylic acid groups (broad SMARTS) is 1. The Morgan fingerprint density at radius 2 is 1.73 bits per heavy atom. The van der Waals surface area contributed by atoms with Crippen molar-refractivity contribution in [3.63, 3.8) is 0 Å². The minimum atomic E-state index is -1.05. The van der Waals surface area contributed by atoms with Crippen molar-refractivity contribution in [2.45, 2.75) is 69.8 Å². The summed E-state index contributed by atoms with van der Waals surface area (Å²) in [5.74, 6) is -0.0339. The number of hydrogen-bond acceptors (Lipinski definition) is 4. The van der Waals surface area contributed by atoms with Crippen LogP contribution in [-0.2, 0) is 0 Å². The molecule has 2 fully saturated rings. The number of para-hydroxylation sites is 1. The summed E-state index contributed by atoms with van der Waals surface area (Å²) < 4.78 is 8.28. The van der Waals surface area contributed by atoms with Gasteiger partial charge in [0.2, 0.25) is 0 Å². The van der Waals surface area contributed by atoms with E-state index in [-0.39, 0.29) is 11.8 Å². The number of nitrogens with zero attached hydrogens (tertiary/aromatic N) is 3. The van der Waals surface area contributed by atoms with E-state index in [0.29, 0.717) is 17.3 Å². The van der Waals surface area contributed by atoms with Crippen molar-refractivity contribution in [2.24, 2.45) is 0 Å². The Balaban J connectivity index is 1.69. The van der Waals surface area contributed by atoms with Gasteiger partial charge in [0.15, 0.2) is 11.3 Å². The van der Waals surface area contributed by atoms with E-state index in [4.69, 9.17) is 9.84 Å². The number of pyridine rings is 1. The van der Waals surface area contributed by atoms with E-state index in [1.807, 2.05) is 30.3 Å². The van der Waals surface area contributed by atoms with Crippen LogP contribution < -0.4 is 4.74 Å². The van der Waals surface area contributed by atoms with Gasteiger partial charge >= 0.3 is 5.97 Å². The minimum absolute atomic E-state index is 0.00311. The van der Waals surface area contributed by atoms with Gasteiger partial charge in [-0.15, -0.1) is 0 Å². The predicted octanol–water partition coefficient (Wildman–Crippen LogP) is 5.49. The maximum absolute atomic E-state index is 11.9. The van der Waals surface area contributed by atoms with Gasteiger partial charge in [0, 0.05) is 12.0 Å². The molecule has 2 aromatic heterocycles. The molecule has 2 aliphatic carbocycles. The fraction of sp³-hybridized carbons (Fsp3) is 0.458. The van der Waals surface area contributed by atoms with E-state index in [0.717, 1.165) is 55.3 Å². The van der Waals surface area contributed by atoms with Crippen LogP contribution in [0.15, 0.2) is 36.4 Å². The van der Waals surface area contributed by atoms with Crippen LogP contribution in [0.25, 0.3) is 16.7 Å². The van der Waals surface area contributed by atoms with Crippen LogP contribution in [0.4, 0.5) is 0 Å². The average Bonchev–Trinajstić information content (AvgIpc) is 2.89. The average molecular weight is 405 g/mol. The topological polar surface area (TPSA) is 77.2 Å². The van der Waals surface area contributed by atoms with Crippen molar-refractivity contribution >= 4 is 17.0 Å². The van der Waals surface area contributed by atoms with E-state index in [2.05, 4.69) is 4.98 Å². The van der Waals surface area contributed by atoms with E-state index < -0.39 is 5.97 Å². The van der Waals surface area contributed by atoms with Crippen molar-refractivity contribution in [3.05, 3.63) is 47.8 Å². The zero-order chi connectivity index (χ0) is 20.5. The molecule has 2 saturated carbocycles. The van der Waals surface area contributed by atoms with Gasteiger partial charge in [0.25, 0.3) is 0 Å². The van der Waals surface area contributed by atoms with Crippen molar-refractivity contribution in [2.75, 3.05) is 0 Å². The third-order valence-corrected chi connectivity index (χ3v) is 6.44. The third kappa shape index (κ3) is 3.55. The number of aromatic carboxylic acids is 1. The van der Waals surface area contributed by atoms with Gasteiger partial charge in [-0.3, -0.25) is 0 Å². The molecule has 5 rings (SSSR count). The number of carbonyl (C=O) groups is 1. The molecular formula is C24H27N3O3. The van der Waals surface area contributed by atoms with Crippen molar-refractivity contribution in [1.82, 2.24) is 14.8 Å². The predicted molar refractivity (Wildman–Crippen MR) is 115 cm³/mol. The van der Waals surface area contributed by atoms with Crippen LogP contribution in [0.2, 0.25) is 0 Å². The Hall–Kier alpha value is -2.89. The molecule has 156 valence electrons. The van der Waals surface area contributed by atoms with E-state index in [9.17, 15) is 9.90 Å². The van der Waals surface area contributed by atoms with Gasteiger partial charge in [0.1, 0.15) is 5.75 Å². The highest BCUT2D eigenvalue weighted by Gasteiger charge is 2.30. The maximum atomic E-state index is 11.9. The second kappa shape index (κ2) is 8.09. The summed E-state index contributed by atoms with van der Waals surface area (Å²) in [5, 5.41) is 15.5. The molecule has 0 bridgehead atoms. The third-order valence-electron chi connectivity index (χ3n) is 6.44. The number of carboxylic acids is 1. The number of fused-ring (bicyclic) bond motifs is 1. The monoisotopic (exact) mass is 405 g/mol. The first-order valence-electron chi connectivity index (χ1n) is 11.1. The van der Waals surface area contributed by atoms with Gasteiger partial charge in [-0.25, -0.2) is 14.5 Å². The molecule has 2 aliphatic rings. The highest BCUT2D eigenvalue weighted by molar-refractivity contribution is 5.94. The lowest BCUT2D eigenvalue weighted by Crippen LogP contribution is -2.17. The number of hydrogen-bond donors (Lipinski definition) is 1. The van der Waals surface area contributed by atoms with Crippen LogP contribution in [0, 0.1) is 0 Å². The lowest BCUT2D eigenvalue weighted by molar-refractivity contribution is 0.0689. The van der Waals surface area contributed by atoms with Crippen LogP contribution >= 0.6 is 0 Å². The Kier molecular flexibility index (Phi) is 5.15. The first-order valence-corrected chi connectivity index (χ1v) is 11.1. The molecule has 30 heavy (non-hydrogen) atoms. The Morgan fingerprint density at radius 1 is 1.00 bits per heavy atom. The Labute approximate surface area is 175 Å². The largest absolute Gasteiger partial charge is 0.490 e. The molecular weight excluding hydrogens is 378 g/mol. The smallest absolute Gasteiger partial charge is 0.354 e. The molecule has 0 amide bonds. The lowest BCUT2D eigenvalue weighted by atomic mass is 9.82.